The van der Waals surface area contributed by atoms with Crippen molar-refractivity contribution in [3.63, 3.8) is 0 Å². The van der Waals surface area contributed by atoms with Crippen LogP contribution in [-0.4, -0.2) is 108 Å². The number of carbonyl (C=O) groups excluding carboxylic acids is 1. The number of aliphatic hydroxyl groups excluding tert-OH is 7. The SMILES string of the molecule is CCCCCCCC/C=C/CC/C=C/C(O)C(COP(=O)(O)OC1C(O)C(O)C(O)C(O)C1O)NC(=O)CC(O)CCCCCCCCCCCCCC. The van der Waals surface area contributed by atoms with E-state index in [2.05, 4.69) is 31.3 Å². The summed E-state index contributed by atoms with van der Waals surface area (Å²) in [4.78, 5) is 23.3. The summed E-state index contributed by atoms with van der Waals surface area (Å²) in [6.45, 7) is 3.67. The third-order valence-corrected chi connectivity index (χ3v) is 11.0. The molecule has 8 unspecified atom stereocenters. The second-order valence-electron chi connectivity index (χ2n) is 15.0. The molecule has 8 atom stereocenters. The van der Waals surface area contributed by atoms with Crippen molar-refractivity contribution >= 4 is 13.7 Å². The van der Waals surface area contributed by atoms with Crippen LogP contribution in [0, 0.1) is 0 Å². The van der Waals surface area contributed by atoms with Crippen molar-refractivity contribution < 1.29 is 59.0 Å². The fourth-order valence-electron chi connectivity index (χ4n) is 6.55. The summed E-state index contributed by atoms with van der Waals surface area (Å²) in [5, 5.41) is 74.1. The molecule has 14 heteroatoms. The van der Waals surface area contributed by atoms with Gasteiger partial charge in [-0.3, -0.25) is 13.8 Å². The van der Waals surface area contributed by atoms with E-state index in [0.29, 0.717) is 12.8 Å². The number of amides is 1. The Morgan fingerprint density at radius 1 is 0.648 bits per heavy atom. The van der Waals surface area contributed by atoms with E-state index in [1.54, 1.807) is 6.08 Å². The number of hydrogen-bond acceptors (Lipinski definition) is 11. The molecule has 318 valence electrons. The maximum Gasteiger partial charge on any atom is 0.472 e. The van der Waals surface area contributed by atoms with Gasteiger partial charge in [-0.15, -0.1) is 0 Å². The average molecular weight is 794 g/mol. The highest BCUT2D eigenvalue weighted by Crippen LogP contribution is 2.47. The first-order valence-electron chi connectivity index (χ1n) is 20.9. The van der Waals surface area contributed by atoms with Gasteiger partial charge < -0.3 is 46.0 Å². The quantitative estimate of drug-likeness (QED) is 0.0224. The summed E-state index contributed by atoms with van der Waals surface area (Å²) >= 11 is 0. The van der Waals surface area contributed by atoms with Crippen LogP contribution in [0.4, 0.5) is 0 Å². The molecule has 0 heterocycles. The van der Waals surface area contributed by atoms with E-state index >= 15 is 0 Å². The number of nitrogens with one attached hydrogen (secondary N) is 1. The first-order valence-corrected chi connectivity index (χ1v) is 22.4. The molecule has 1 fully saturated rings. The highest BCUT2D eigenvalue weighted by atomic mass is 31.2. The molecule has 1 saturated carbocycles. The highest BCUT2D eigenvalue weighted by molar-refractivity contribution is 7.47. The summed E-state index contributed by atoms with van der Waals surface area (Å²) in [5.74, 6) is -0.604. The van der Waals surface area contributed by atoms with Crippen LogP contribution in [0.5, 0.6) is 0 Å². The van der Waals surface area contributed by atoms with Crippen LogP contribution < -0.4 is 5.32 Å². The molecule has 0 aromatic carbocycles. The van der Waals surface area contributed by atoms with Crippen molar-refractivity contribution in [1.82, 2.24) is 5.32 Å². The number of aliphatic hydroxyl groups is 7. The number of phosphoric acid groups is 1. The minimum absolute atomic E-state index is 0.250. The van der Waals surface area contributed by atoms with Crippen LogP contribution in [-0.2, 0) is 18.4 Å². The minimum atomic E-state index is -5.14. The topological polar surface area (TPSA) is 226 Å². The van der Waals surface area contributed by atoms with Gasteiger partial charge in [0, 0.05) is 0 Å². The van der Waals surface area contributed by atoms with Gasteiger partial charge in [-0.1, -0.05) is 147 Å². The van der Waals surface area contributed by atoms with E-state index in [-0.39, 0.29) is 6.42 Å². The molecule has 0 saturated heterocycles. The second kappa shape index (κ2) is 30.9. The van der Waals surface area contributed by atoms with Gasteiger partial charge in [-0.25, -0.2) is 4.57 Å². The van der Waals surface area contributed by atoms with Crippen LogP contribution in [0.3, 0.4) is 0 Å². The van der Waals surface area contributed by atoms with Crippen molar-refractivity contribution in [2.24, 2.45) is 0 Å². The standard InChI is InChI=1S/C40H76NO12P/c1-3-5-7-9-11-13-15-17-19-21-23-25-27-31(42)29-34(44)41-32(33(43)28-26-24-22-20-18-16-14-12-10-8-6-4-2)30-52-54(50,51)53-40-38(48)36(46)35(45)37(47)39(40)49/h18,20,26,28,31-33,35-40,42-43,45-49H,3-17,19,21-25,27,29-30H2,1-2H3,(H,41,44)(H,50,51)/b20-18+,28-26+. The van der Waals surface area contributed by atoms with Crippen molar-refractivity contribution in [2.45, 2.75) is 216 Å². The first kappa shape index (κ1) is 50.8. The Hall–Kier alpha value is -1.22. The van der Waals surface area contributed by atoms with Gasteiger partial charge in [0.25, 0.3) is 0 Å². The summed E-state index contributed by atoms with van der Waals surface area (Å²) in [6.07, 6.45) is 17.2. The van der Waals surface area contributed by atoms with Crippen LogP contribution >= 0.6 is 7.82 Å². The van der Waals surface area contributed by atoms with E-state index in [1.165, 1.54) is 89.5 Å². The van der Waals surface area contributed by atoms with Gasteiger partial charge in [0.2, 0.25) is 5.91 Å². The normalized spacial score (nSPS) is 24.9. The molecule has 13 nitrogen and oxygen atoms in total. The van der Waals surface area contributed by atoms with Crippen molar-refractivity contribution in [3.05, 3.63) is 24.3 Å². The summed E-state index contributed by atoms with van der Waals surface area (Å²) < 4.78 is 22.7. The smallest absolute Gasteiger partial charge is 0.393 e. The Morgan fingerprint density at radius 2 is 1.09 bits per heavy atom. The number of hydrogen-bond donors (Lipinski definition) is 9. The molecular formula is C40H76NO12P. The van der Waals surface area contributed by atoms with Gasteiger partial charge in [0.15, 0.2) is 0 Å². The maximum atomic E-state index is 12.9. The van der Waals surface area contributed by atoms with E-state index < -0.39 is 75.2 Å². The van der Waals surface area contributed by atoms with Gasteiger partial charge in [0.1, 0.15) is 36.6 Å². The highest BCUT2D eigenvalue weighted by Gasteiger charge is 2.51. The zero-order chi connectivity index (χ0) is 40.2. The Labute approximate surface area is 324 Å². The lowest BCUT2D eigenvalue weighted by Gasteiger charge is -2.41. The summed E-state index contributed by atoms with van der Waals surface area (Å²) in [6, 6.07) is -1.25. The van der Waals surface area contributed by atoms with Gasteiger partial charge in [-0.2, -0.15) is 0 Å². The molecule has 1 rings (SSSR count). The zero-order valence-corrected chi connectivity index (χ0v) is 34.0. The number of allylic oxidation sites excluding steroid dienone is 3. The first-order chi connectivity index (χ1) is 25.8. The zero-order valence-electron chi connectivity index (χ0n) is 33.1. The molecular weight excluding hydrogens is 717 g/mol. The van der Waals surface area contributed by atoms with Crippen LogP contribution in [0.2, 0.25) is 0 Å². The summed E-state index contributed by atoms with van der Waals surface area (Å²) in [7, 11) is -5.14. The monoisotopic (exact) mass is 794 g/mol. The molecule has 1 aliphatic rings. The molecule has 0 spiro atoms. The molecule has 1 amide bonds. The average Bonchev–Trinajstić information content (AvgIpc) is 3.14. The molecule has 1 aliphatic carbocycles. The molecule has 0 aromatic heterocycles. The molecule has 9 N–H and O–H groups in total. The minimum Gasteiger partial charge on any atom is -0.393 e. The van der Waals surface area contributed by atoms with Gasteiger partial charge in [0.05, 0.1) is 31.3 Å². The molecule has 0 radical (unpaired) electrons. The third kappa shape index (κ3) is 23.1. The largest absolute Gasteiger partial charge is 0.472 e. The molecule has 0 aromatic rings. The van der Waals surface area contributed by atoms with E-state index in [1.807, 2.05) is 0 Å². The van der Waals surface area contributed by atoms with E-state index in [0.717, 1.165) is 44.9 Å². The number of carbonyl (C=O) groups is 1. The molecule has 54 heavy (non-hydrogen) atoms. The predicted molar refractivity (Wildman–Crippen MR) is 210 cm³/mol. The maximum absolute atomic E-state index is 12.9. The van der Waals surface area contributed by atoms with Crippen molar-refractivity contribution in [1.29, 1.82) is 0 Å². The van der Waals surface area contributed by atoms with Gasteiger partial charge >= 0.3 is 7.82 Å². The molecule has 0 aliphatic heterocycles. The number of rotatable bonds is 33. The second-order valence-corrected chi connectivity index (χ2v) is 16.4. The Kier molecular flexibility index (Phi) is 29.0. The third-order valence-electron chi connectivity index (χ3n) is 10.0. The molecule has 0 bridgehead atoms. The van der Waals surface area contributed by atoms with Crippen LogP contribution in [0.1, 0.15) is 162 Å². The predicted octanol–water partition coefficient (Wildman–Crippen LogP) is 5.64. The lowest BCUT2D eigenvalue weighted by molar-refractivity contribution is -0.220. The lowest BCUT2D eigenvalue weighted by Crippen LogP contribution is -2.64. The Balaban J connectivity index is 2.65. The lowest BCUT2D eigenvalue weighted by atomic mass is 9.85. The fraction of sp³-hybridized carbons (Fsp3) is 0.875. The number of unbranched alkanes of at least 4 members (excludes halogenated alkanes) is 18. The van der Waals surface area contributed by atoms with E-state index in [9.17, 15) is 50.0 Å². The Bertz CT molecular complexity index is 1030. The fourth-order valence-corrected chi connectivity index (χ4v) is 7.52. The summed E-state index contributed by atoms with van der Waals surface area (Å²) in [5.41, 5.74) is 0. The van der Waals surface area contributed by atoms with Crippen molar-refractivity contribution in [2.75, 3.05) is 6.61 Å². The van der Waals surface area contributed by atoms with Crippen LogP contribution in [0.15, 0.2) is 24.3 Å². The number of phosphoric ester groups is 1. The van der Waals surface area contributed by atoms with Crippen molar-refractivity contribution in [3.8, 4) is 0 Å². The van der Waals surface area contributed by atoms with E-state index in [4.69, 9.17) is 9.05 Å². The van der Waals surface area contributed by atoms with Gasteiger partial charge in [-0.05, 0) is 32.1 Å². The van der Waals surface area contributed by atoms with Crippen LogP contribution in [0.25, 0.3) is 0 Å². The Morgan fingerprint density at radius 3 is 1.63 bits per heavy atom.